The molecule has 2 aliphatic heterocycles. The van der Waals surface area contributed by atoms with Gasteiger partial charge in [-0.1, -0.05) is 12.1 Å². The van der Waals surface area contributed by atoms with E-state index in [0.717, 1.165) is 4.68 Å². The van der Waals surface area contributed by atoms with E-state index in [1.807, 2.05) is 0 Å². The number of ether oxygens (including phenoxy) is 3. The third-order valence-electron chi connectivity index (χ3n) is 5.50. The molecule has 0 N–H and O–H groups in total. The highest BCUT2D eigenvalue weighted by Gasteiger charge is 2.43. The van der Waals surface area contributed by atoms with Crippen LogP contribution in [0.1, 0.15) is 12.5 Å². The summed E-state index contributed by atoms with van der Waals surface area (Å²) in [5, 5.41) is 4.30. The minimum absolute atomic E-state index is 0.145. The average molecular weight is 473 g/mol. The van der Waals surface area contributed by atoms with Crippen molar-refractivity contribution >= 4 is 11.6 Å². The summed E-state index contributed by atoms with van der Waals surface area (Å²) in [6, 6.07) is 9.67. The Bertz CT molecular complexity index is 1360. The molecule has 5 rings (SSSR count). The van der Waals surface area contributed by atoms with E-state index in [4.69, 9.17) is 4.74 Å². The lowest BCUT2D eigenvalue weighted by Gasteiger charge is -2.22. The van der Waals surface area contributed by atoms with E-state index in [9.17, 15) is 22.8 Å². The second kappa shape index (κ2) is 8.08. The van der Waals surface area contributed by atoms with Crippen molar-refractivity contribution in [3.05, 3.63) is 64.2 Å². The van der Waals surface area contributed by atoms with Gasteiger partial charge < -0.3 is 19.1 Å². The first-order valence-electron chi connectivity index (χ1n) is 10.5. The number of aromatic nitrogens is 2. The third kappa shape index (κ3) is 3.82. The molecule has 0 spiro atoms. The maximum atomic E-state index is 13.8. The van der Waals surface area contributed by atoms with Crippen LogP contribution in [0.4, 0.5) is 18.9 Å². The summed E-state index contributed by atoms with van der Waals surface area (Å²) in [4.78, 5) is 27.4. The third-order valence-corrected chi connectivity index (χ3v) is 5.50. The molecule has 0 unspecified atom stereocenters. The summed E-state index contributed by atoms with van der Waals surface area (Å²) in [6.07, 6.45) is -3.44. The number of halogens is 3. The van der Waals surface area contributed by atoms with Gasteiger partial charge >= 0.3 is 6.29 Å². The fraction of sp³-hybridized carbons (Fsp3) is 0.261. The van der Waals surface area contributed by atoms with Crippen molar-refractivity contribution in [2.24, 2.45) is 0 Å². The Labute approximate surface area is 191 Å². The quantitative estimate of drug-likeness (QED) is 0.565. The molecular weight excluding hydrogens is 455 g/mol. The number of hydrogen-bond donors (Lipinski definition) is 0. The van der Waals surface area contributed by atoms with Crippen LogP contribution in [0, 0.1) is 5.82 Å². The van der Waals surface area contributed by atoms with Crippen molar-refractivity contribution in [3.8, 4) is 28.5 Å². The number of rotatable bonds is 5. The summed E-state index contributed by atoms with van der Waals surface area (Å²) in [7, 11) is 0. The first-order chi connectivity index (χ1) is 16.3. The fourth-order valence-electron chi connectivity index (χ4n) is 3.99. The molecule has 0 atom stereocenters. The van der Waals surface area contributed by atoms with Gasteiger partial charge in [0, 0.05) is 30.3 Å². The van der Waals surface area contributed by atoms with Crippen LogP contribution in [0.15, 0.2) is 47.3 Å². The summed E-state index contributed by atoms with van der Waals surface area (Å²) >= 11 is 0. The van der Waals surface area contributed by atoms with Crippen LogP contribution in [-0.4, -0.2) is 35.1 Å². The average Bonchev–Trinajstić information content (AvgIpc) is 3.39. The molecule has 34 heavy (non-hydrogen) atoms. The Balaban J connectivity index is 1.48. The number of alkyl halides is 2. The van der Waals surface area contributed by atoms with Crippen molar-refractivity contribution < 1.29 is 32.2 Å². The van der Waals surface area contributed by atoms with Crippen molar-refractivity contribution in [2.75, 3.05) is 18.1 Å². The minimum Gasteiger partial charge on any atom is -0.490 e. The van der Waals surface area contributed by atoms with Crippen molar-refractivity contribution in [3.63, 3.8) is 0 Å². The number of carbonyl (C=O) groups excluding carboxylic acids is 1. The maximum absolute atomic E-state index is 13.8. The zero-order valence-electron chi connectivity index (χ0n) is 17.9. The Morgan fingerprint density at radius 3 is 2.74 bits per heavy atom. The number of nitrogens with zero attached hydrogens (tertiary/aromatic N) is 3. The summed E-state index contributed by atoms with van der Waals surface area (Å²) in [5.74, 6) is -1.05. The van der Waals surface area contributed by atoms with Gasteiger partial charge in [-0.2, -0.15) is 5.10 Å². The lowest BCUT2D eigenvalue weighted by molar-refractivity contribution is -0.286. The Hall–Kier alpha value is -4.02. The van der Waals surface area contributed by atoms with Gasteiger partial charge in [-0.05, 0) is 31.2 Å². The van der Waals surface area contributed by atoms with E-state index < -0.39 is 30.1 Å². The van der Waals surface area contributed by atoms with Gasteiger partial charge in [0.05, 0.1) is 12.2 Å². The largest absolute Gasteiger partial charge is 0.586 e. The van der Waals surface area contributed by atoms with Crippen LogP contribution in [0.2, 0.25) is 0 Å². The van der Waals surface area contributed by atoms with Crippen LogP contribution < -0.4 is 24.7 Å². The molecule has 0 bridgehead atoms. The van der Waals surface area contributed by atoms with Gasteiger partial charge in [-0.3, -0.25) is 9.59 Å². The Kier molecular flexibility index (Phi) is 5.18. The predicted octanol–water partition coefficient (Wildman–Crippen LogP) is 3.36. The van der Waals surface area contributed by atoms with Crippen molar-refractivity contribution in [2.45, 2.75) is 26.2 Å². The molecule has 8 nitrogen and oxygen atoms in total. The fourth-order valence-corrected chi connectivity index (χ4v) is 3.99. The number of amides is 1. The molecule has 0 aliphatic carbocycles. The molecule has 0 radical (unpaired) electrons. The van der Waals surface area contributed by atoms with Gasteiger partial charge in [0.2, 0.25) is 5.91 Å². The number of likely N-dealkylation sites (N-methyl/N-ethyl adjacent to an activating group) is 1. The molecular formula is C23H18F3N3O5. The minimum atomic E-state index is -3.78. The highest BCUT2D eigenvalue weighted by Crippen LogP contribution is 2.43. The topological polar surface area (TPSA) is 82.9 Å². The van der Waals surface area contributed by atoms with Crippen LogP contribution in [0.3, 0.4) is 0 Å². The Morgan fingerprint density at radius 2 is 1.97 bits per heavy atom. The monoisotopic (exact) mass is 473 g/mol. The molecule has 0 saturated carbocycles. The lowest BCUT2D eigenvalue weighted by atomic mass is 10.1. The molecule has 3 aromatic rings. The zero-order valence-corrected chi connectivity index (χ0v) is 17.9. The number of carbonyl (C=O) groups is 1. The normalized spacial score (nSPS) is 15.1. The number of benzene rings is 2. The SMILES string of the molecule is CCN(C(=O)Cn1nc(-c2cccc(F)c2)c2c(c1=O)CCO2)c1ccc2c(c1)OC(F)(F)O2. The maximum Gasteiger partial charge on any atom is 0.586 e. The standard InChI is InChI=1S/C23H18F3N3O5/c1-2-28(15-6-7-17-18(11-15)34-23(25,26)33-17)19(30)12-29-22(31)16-8-9-32-21(16)20(27-29)13-4-3-5-14(24)10-13/h3-7,10-11H,2,8-9,12H2,1H3. The zero-order chi connectivity index (χ0) is 24.0. The van der Waals surface area contributed by atoms with Crippen molar-refractivity contribution in [1.82, 2.24) is 9.78 Å². The summed E-state index contributed by atoms with van der Waals surface area (Å²) in [6.45, 7) is 1.73. The van der Waals surface area contributed by atoms with E-state index in [-0.39, 0.29) is 41.8 Å². The summed E-state index contributed by atoms with van der Waals surface area (Å²) in [5.41, 5.74) is 0.824. The van der Waals surface area contributed by atoms with Crippen LogP contribution in [0.5, 0.6) is 17.2 Å². The van der Waals surface area contributed by atoms with E-state index in [1.165, 1.54) is 41.3 Å². The summed E-state index contributed by atoms with van der Waals surface area (Å²) < 4.78 is 56.0. The van der Waals surface area contributed by atoms with E-state index in [0.29, 0.717) is 17.5 Å². The molecule has 1 aromatic heterocycles. The second-order valence-corrected chi connectivity index (χ2v) is 7.66. The lowest BCUT2D eigenvalue weighted by Crippen LogP contribution is -2.38. The molecule has 0 saturated heterocycles. The molecule has 1 amide bonds. The van der Waals surface area contributed by atoms with Gasteiger partial charge in [0.1, 0.15) is 18.1 Å². The highest BCUT2D eigenvalue weighted by atomic mass is 19.3. The second-order valence-electron chi connectivity index (χ2n) is 7.66. The van der Waals surface area contributed by atoms with Gasteiger partial charge in [-0.25, -0.2) is 9.07 Å². The van der Waals surface area contributed by atoms with Gasteiger partial charge in [-0.15, -0.1) is 8.78 Å². The van der Waals surface area contributed by atoms with Crippen LogP contribution in [-0.2, 0) is 17.8 Å². The molecule has 0 fully saturated rings. The first-order valence-corrected chi connectivity index (χ1v) is 10.5. The highest BCUT2D eigenvalue weighted by molar-refractivity contribution is 5.93. The van der Waals surface area contributed by atoms with Gasteiger partial charge in [0.25, 0.3) is 5.56 Å². The van der Waals surface area contributed by atoms with E-state index >= 15 is 0 Å². The number of fused-ring (bicyclic) bond motifs is 2. The molecule has 2 aromatic carbocycles. The van der Waals surface area contributed by atoms with E-state index in [1.54, 1.807) is 13.0 Å². The van der Waals surface area contributed by atoms with Crippen LogP contribution >= 0.6 is 0 Å². The molecule has 2 aliphatic rings. The number of anilines is 1. The Morgan fingerprint density at radius 1 is 1.18 bits per heavy atom. The number of hydrogen-bond acceptors (Lipinski definition) is 6. The molecule has 176 valence electrons. The predicted molar refractivity (Wildman–Crippen MR) is 114 cm³/mol. The molecule has 11 heteroatoms. The van der Waals surface area contributed by atoms with Crippen molar-refractivity contribution in [1.29, 1.82) is 0 Å². The molecule has 3 heterocycles. The smallest absolute Gasteiger partial charge is 0.490 e. The van der Waals surface area contributed by atoms with Crippen LogP contribution in [0.25, 0.3) is 11.3 Å². The van der Waals surface area contributed by atoms with Gasteiger partial charge in [0.15, 0.2) is 17.2 Å². The van der Waals surface area contributed by atoms with E-state index in [2.05, 4.69) is 14.6 Å². The first kappa shape index (κ1) is 21.8.